The smallest absolute Gasteiger partial charge is 0.130 e. The van der Waals surface area contributed by atoms with Gasteiger partial charge in [-0.3, -0.25) is 0 Å². The minimum absolute atomic E-state index is 0.209. The fourth-order valence-corrected chi connectivity index (χ4v) is 0.832. The summed E-state index contributed by atoms with van der Waals surface area (Å²) in [5.41, 5.74) is 1.08. The van der Waals surface area contributed by atoms with Crippen LogP contribution in [0.5, 0.6) is 0 Å². The van der Waals surface area contributed by atoms with Gasteiger partial charge in [0.1, 0.15) is 5.78 Å². The Morgan fingerprint density at radius 2 is 1.53 bits per heavy atom. The van der Waals surface area contributed by atoms with Crippen LogP contribution in [0.1, 0.15) is 47.5 Å². The van der Waals surface area contributed by atoms with Gasteiger partial charge in [-0.1, -0.05) is 71.2 Å². The number of hydrogen-bond donors (Lipinski definition) is 0. The molecule has 17 heavy (non-hydrogen) atoms. The van der Waals surface area contributed by atoms with Gasteiger partial charge >= 0.3 is 0 Å². The summed E-state index contributed by atoms with van der Waals surface area (Å²) in [5.74, 6) is 0.209. The summed E-state index contributed by atoms with van der Waals surface area (Å²) in [6, 6.07) is 0. The summed E-state index contributed by atoms with van der Waals surface area (Å²) in [6.45, 7) is 16.8. The van der Waals surface area contributed by atoms with E-state index in [1.54, 1.807) is 19.1 Å². The van der Waals surface area contributed by atoms with Crippen LogP contribution in [0, 0.1) is 0 Å². The Kier molecular flexibility index (Phi) is 24.8. The van der Waals surface area contributed by atoms with E-state index in [0.29, 0.717) is 6.42 Å². The highest BCUT2D eigenvalue weighted by atomic mass is 16.1. The van der Waals surface area contributed by atoms with E-state index >= 15 is 0 Å². The van der Waals surface area contributed by atoms with Crippen LogP contribution in [0.2, 0.25) is 0 Å². The molecule has 0 heterocycles. The maximum Gasteiger partial charge on any atom is 0.130 e. The van der Waals surface area contributed by atoms with Gasteiger partial charge < -0.3 is 4.79 Å². The van der Waals surface area contributed by atoms with E-state index in [-0.39, 0.29) is 5.78 Å². The number of carbonyl (C=O) groups is 1. The summed E-state index contributed by atoms with van der Waals surface area (Å²) in [6.07, 6.45) is 10.5. The standard InChI is InChI=1S/C12H16O.2C2H6/c1-4-6-7-8-12(5-2)10-9-11(3)13;2*1-2/h4-8H,1-2,9-10H2,3H3;2*1-2H3/b7-6-,12-8+;;. The molecule has 1 heteroatoms. The van der Waals surface area contributed by atoms with Gasteiger partial charge in [-0.2, -0.15) is 0 Å². The number of hydrogen-bond acceptors (Lipinski definition) is 1. The molecule has 0 saturated carbocycles. The monoisotopic (exact) mass is 236 g/mol. The number of carbonyl (C=O) groups excluding carboxylic acids is 1. The molecule has 98 valence electrons. The molecule has 0 fully saturated rings. The first-order valence-electron chi connectivity index (χ1n) is 6.31. The van der Waals surface area contributed by atoms with Crippen LogP contribution in [-0.4, -0.2) is 5.78 Å². The number of rotatable bonds is 6. The van der Waals surface area contributed by atoms with E-state index in [4.69, 9.17) is 0 Å². The molecule has 0 rings (SSSR count). The first-order valence-corrected chi connectivity index (χ1v) is 6.31. The van der Waals surface area contributed by atoms with Crippen molar-refractivity contribution in [2.75, 3.05) is 0 Å². The first kappa shape index (κ1) is 21.0. The second-order valence-corrected chi connectivity index (χ2v) is 2.77. The Hall–Kier alpha value is -1.37. The summed E-state index contributed by atoms with van der Waals surface area (Å²) in [5, 5.41) is 0. The quantitative estimate of drug-likeness (QED) is 0.575. The largest absolute Gasteiger partial charge is 0.300 e. The van der Waals surface area contributed by atoms with Crippen molar-refractivity contribution >= 4 is 5.78 Å². The first-order chi connectivity index (χ1) is 8.20. The lowest BCUT2D eigenvalue weighted by Gasteiger charge is -1.96. The van der Waals surface area contributed by atoms with Crippen LogP contribution >= 0.6 is 0 Å². The van der Waals surface area contributed by atoms with Gasteiger partial charge in [0, 0.05) is 6.42 Å². The molecule has 0 radical (unpaired) electrons. The minimum Gasteiger partial charge on any atom is -0.300 e. The molecule has 0 aromatic heterocycles. The predicted molar refractivity (Wildman–Crippen MR) is 80.2 cm³/mol. The molecule has 0 N–H and O–H groups in total. The van der Waals surface area contributed by atoms with Crippen molar-refractivity contribution in [3.63, 3.8) is 0 Å². The van der Waals surface area contributed by atoms with Crippen LogP contribution in [0.15, 0.2) is 49.1 Å². The summed E-state index contributed by atoms with van der Waals surface area (Å²) in [7, 11) is 0. The second-order valence-electron chi connectivity index (χ2n) is 2.77. The Morgan fingerprint density at radius 3 is 1.88 bits per heavy atom. The second kappa shape index (κ2) is 20.1. The van der Waals surface area contributed by atoms with Gasteiger partial charge in [-0.25, -0.2) is 0 Å². The molecule has 0 aliphatic heterocycles. The van der Waals surface area contributed by atoms with E-state index in [2.05, 4.69) is 13.2 Å². The minimum atomic E-state index is 0.209. The highest BCUT2D eigenvalue weighted by Crippen LogP contribution is 2.06. The maximum absolute atomic E-state index is 10.7. The van der Waals surface area contributed by atoms with Crippen molar-refractivity contribution in [2.24, 2.45) is 0 Å². The molecular formula is C16H28O. The third-order valence-corrected chi connectivity index (χ3v) is 1.59. The highest BCUT2D eigenvalue weighted by Gasteiger charge is 1.94. The molecule has 1 nitrogen and oxygen atoms in total. The van der Waals surface area contributed by atoms with Crippen LogP contribution in [-0.2, 0) is 4.79 Å². The van der Waals surface area contributed by atoms with E-state index in [0.717, 1.165) is 12.0 Å². The normalized spacial score (nSPS) is 9.59. The van der Waals surface area contributed by atoms with Crippen molar-refractivity contribution in [3.8, 4) is 0 Å². The van der Waals surface area contributed by atoms with Gasteiger partial charge in [0.05, 0.1) is 0 Å². The van der Waals surface area contributed by atoms with Crippen molar-refractivity contribution in [1.82, 2.24) is 0 Å². The maximum atomic E-state index is 10.7. The molecule has 0 aliphatic carbocycles. The third-order valence-electron chi connectivity index (χ3n) is 1.59. The Bertz CT molecular complexity index is 244. The number of allylic oxidation sites excluding steroid dienone is 6. The van der Waals surface area contributed by atoms with Crippen molar-refractivity contribution < 1.29 is 4.79 Å². The van der Waals surface area contributed by atoms with Gasteiger partial charge in [0.15, 0.2) is 0 Å². The predicted octanol–water partition coefficient (Wildman–Crippen LogP) is 5.26. The fourth-order valence-electron chi connectivity index (χ4n) is 0.832. The van der Waals surface area contributed by atoms with Gasteiger partial charge in [-0.05, 0) is 18.9 Å². The third kappa shape index (κ3) is 20.7. The molecule has 0 aromatic rings. The highest BCUT2D eigenvalue weighted by molar-refractivity contribution is 5.75. The molecule has 0 aliphatic rings. The molecule has 0 amide bonds. The van der Waals surface area contributed by atoms with E-state index < -0.39 is 0 Å². The average molecular weight is 236 g/mol. The molecule has 0 spiro atoms. The summed E-state index contributed by atoms with van der Waals surface area (Å²) >= 11 is 0. The SMILES string of the molecule is C=C/C=C\C=C(/C=C)CCC(C)=O.CC.CC. The molecule has 0 bridgehead atoms. The lowest BCUT2D eigenvalue weighted by molar-refractivity contribution is -0.116. The summed E-state index contributed by atoms with van der Waals surface area (Å²) in [4.78, 5) is 10.7. The Balaban J connectivity index is -0.000000439. The Labute approximate surface area is 108 Å². The molecule has 0 unspecified atom stereocenters. The molecule has 0 atom stereocenters. The zero-order valence-corrected chi connectivity index (χ0v) is 12.1. The topological polar surface area (TPSA) is 17.1 Å². The Morgan fingerprint density at radius 1 is 1.00 bits per heavy atom. The van der Waals surface area contributed by atoms with Gasteiger partial charge in [0.25, 0.3) is 0 Å². The van der Waals surface area contributed by atoms with Crippen LogP contribution in [0.3, 0.4) is 0 Å². The van der Waals surface area contributed by atoms with Crippen LogP contribution < -0.4 is 0 Å². The number of ketones is 1. The van der Waals surface area contributed by atoms with Gasteiger partial charge in [0.2, 0.25) is 0 Å². The van der Waals surface area contributed by atoms with E-state index in [1.807, 2.05) is 45.9 Å². The lowest BCUT2D eigenvalue weighted by Crippen LogP contribution is -1.89. The zero-order valence-electron chi connectivity index (χ0n) is 12.1. The van der Waals surface area contributed by atoms with Crippen LogP contribution in [0.25, 0.3) is 0 Å². The van der Waals surface area contributed by atoms with Crippen LogP contribution in [0.4, 0.5) is 0 Å². The van der Waals surface area contributed by atoms with Gasteiger partial charge in [-0.15, -0.1) is 0 Å². The van der Waals surface area contributed by atoms with Crippen molar-refractivity contribution in [3.05, 3.63) is 49.1 Å². The average Bonchev–Trinajstić information content (AvgIpc) is 2.38. The van der Waals surface area contributed by atoms with Crippen molar-refractivity contribution in [1.29, 1.82) is 0 Å². The van der Waals surface area contributed by atoms with E-state index in [1.165, 1.54) is 0 Å². The number of Topliss-reactive ketones (excluding diaryl/α,β-unsaturated/α-hetero) is 1. The summed E-state index contributed by atoms with van der Waals surface area (Å²) < 4.78 is 0. The molecular weight excluding hydrogens is 208 g/mol. The van der Waals surface area contributed by atoms with E-state index in [9.17, 15) is 4.79 Å². The zero-order chi connectivity index (χ0) is 14.1. The van der Waals surface area contributed by atoms with Crippen molar-refractivity contribution in [2.45, 2.75) is 47.5 Å². The molecule has 0 aromatic carbocycles. The molecule has 0 saturated heterocycles. The lowest BCUT2D eigenvalue weighted by atomic mass is 10.1. The fraction of sp³-hybridized carbons (Fsp3) is 0.438.